The van der Waals surface area contributed by atoms with Gasteiger partial charge in [0.05, 0.1) is 11.6 Å². The molecule has 3 rings (SSSR count). The number of likely N-dealkylation sites (tertiary alicyclic amines) is 1. The molecule has 2 saturated heterocycles. The largest absolute Gasteiger partial charge is 0.444 e. The van der Waals surface area contributed by atoms with Gasteiger partial charge in [-0.2, -0.15) is 5.26 Å². The first-order valence-electron chi connectivity index (χ1n) is 10.9. The number of nitrogens with two attached hydrogens (primary N) is 1. The molecule has 0 saturated carbocycles. The summed E-state index contributed by atoms with van der Waals surface area (Å²) in [6.45, 7) is 9.20. The quantitative estimate of drug-likeness (QED) is 0.796. The van der Waals surface area contributed by atoms with Gasteiger partial charge in [0, 0.05) is 44.3 Å². The summed E-state index contributed by atoms with van der Waals surface area (Å²) < 4.78 is 5.47. The number of carbonyl (C=O) groups is 2. The van der Waals surface area contributed by atoms with Crippen LogP contribution in [0, 0.1) is 23.2 Å². The number of nitriles is 1. The topological polar surface area (TPSA) is 103 Å². The Morgan fingerprint density at radius 2 is 1.94 bits per heavy atom. The molecule has 0 aromatic heterocycles. The van der Waals surface area contributed by atoms with Gasteiger partial charge in [-0.05, 0) is 64.3 Å². The minimum Gasteiger partial charge on any atom is -0.444 e. The van der Waals surface area contributed by atoms with E-state index in [0.29, 0.717) is 50.7 Å². The van der Waals surface area contributed by atoms with Crippen molar-refractivity contribution in [1.82, 2.24) is 9.80 Å². The smallest absolute Gasteiger partial charge is 0.410 e. The number of benzene rings is 1. The maximum absolute atomic E-state index is 13.2. The van der Waals surface area contributed by atoms with Crippen molar-refractivity contribution in [3.63, 3.8) is 0 Å². The number of amides is 3. The number of hydrogen-bond donors (Lipinski definition) is 1. The summed E-state index contributed by atoms with van der Waals surface area (Å²) in [4.78, 5) is 30.9. The van der Waals surface area contributed by atoms with Crippen LogP contribution in [-0.4, -0.2) is 66.8 Å². The maximum Gasteiger partial charge on any atom is 0.410 e. The lowest BCUT2D eigenvalue weighted by molar-refractivity contribution is 0.0171. The molecule has 1 aromatic carbocycles. The van der Waals surface area contributed by atoms with E-state index >= 15 is 0 Å². The second-order valence-corrected chi connectivity index (χ2v) is 9.47. The van der Waals surface area contributed by atoms with Gasteiger partial charge in [-0.25, -0.2) is 9.59 Å². The van der Waals surface area contributed by atoms with Crippen molar-refractivity contribution in [3.05, 3.63) is 29.8 Å². The van der Waals surface area contributed by atoms with Gasteiger partial charge in [0.25, 0.3) is 0 Å². The normalized spacial score (nSPS) is 20.5. The second kappa shape index (κ2) is 9.56. The number of ether oxygens (including phenoxy) is 1. The summed E-state index contributed by atoms with van der Waals surface area (Å²) in [5.74, 6) is 0.497. The Kier molecular flexibility index (Phi) is 7.06. The zero-order valence-corrected chi connectivity index (χ0v) is 18.7. The Morgan fingerprint density at radius 3 is 2.55 bits per heavy atom. The fraction of sp³-hybridized carbons (Fsp3) is 0.609. The average molecular weight is 428 g/mol. The standard InChI is InChI=1S/C23H33N5O3/c1-23(2,3)31-22(30)26-9-7-17(8-10-26)14-27-15-19(13-25)16-28(21(27)29)20-6-4-5-18(11-20)12-24/h4-6,11,17,19H,7-10,13-16,25H2,1-3H3. The zero-order chi connectivity index (χ0) is 22.6. The highest BCUT2D eigenvalue weighted by molar-refractivity contribution is 5.93. The summed E-state index contributed by atoms with van der Waals surface area (Å²) in [6, 6.07) is 9.21. The van der Waals surface area contributed by atoms with Crippen LogP contribution in [0.3, 0.4) is 0 Å². The number of anilines is 1. The molecule has 1 atom stereocenters. The molecule has 8 nitrogen and oxygen atoms in total. The van der Waals surface area contributed by atoms with Gasteiger partial charge in [0.2, 0.25) is 0 Å². The van der Waals surface area contributed by atoms with Crippen molar-refractivity contribution >= 4 is 17.8 Å². The number of hydrogen-bond acceptors (Lipinski definition) is 5. The molecule has 0 spiro atoms. The van der Waals surface area contributed by atoms with Crippen LogP contribution in [0.25, 0.3) is 0 Å². The Balaban J connectivity index is 1.62. The molecule has 2 aliphatic heterocycles. The first-order valence-corrected chi connectivity index (χ1v) is 10.9. The highest BCUT2D eigenvalue weighted by Crippen LogP contribution is 2.26. The molecule has 2 heterocycles. The van der Waals surface area contributed by atoms with Crippen LogP contribution in [0.15, 0.2) is 24.3 Å². The Labute approximate surface area is 184 Å². The number of piperidine rings is 1. The SMILES string of the molecule is CC(C)(C)OC(=O)N1CCC(CN2CC(CN)CN(c3cccc(C#N)c3)C2=O)CC1. The average Bonchev–Trinajstić information content (AvgIpc) is 2.74. The highest BCUT2D eigenvalue weighted by atomic mass is 16.6. The van der Waals surface area contributed by atoms with Gasteiger partial charge in [-0.3, -0.25) is 4.90 Å². The van der Waals surface area contributed by atoms with E-state index in [-0.39, 0.29) is 18.0 Å². The van der Waals surface area contributed by atoms with E-state index in [2.05, 4.69) is 6.07 Å². The molecular formula is C23H33N5O3. The second-order valence-electron chi connectivity index (χ2n) is 9.47. The molecule has 0 bridgehead atoms. The lowest BCUT2D eigenvalue weighted by Crippen LogP contribution is -2.56. The van der Waals surface area contributed by atoms with Crippen LogP contribution in [0.4, 0.5) is 15.3 Å². The number of nitrogens with zero attached hydrogens (tertiary/aromatic N) is 4. The predicted molar refractivity (Wildman–Crippen MR) is 119 cm³/mol. The minimum atomic E-state index is -0.502. The molecule has 1 aromatic rings. The number of urea groups is 1. The molecule has 2 aliphatic rings. The summed E-state index contributed by atoms with van der Waals surface area (Å²) in [5, 5.41) is 9.19. The van der Waals surface area contributed by atoms with Crippen LogP contribution in [0.5, 0.6) is 0 Å². The fourth-order valence-corrected chi connectivity index (χ4v) is 4.15. The van der Waals surface area contributed by atoms with Crippen LogP contribution < -0.4 is 10.6 Å². The summed E-state index contributed by atoms with van der Waals surface area (Å²) in [6.07, 6.45) is 1.40. The van der Waals surface area contributed by atoms with Crippen molar-refractivity contribution in [2.45, 2.75) is 39.2 Å². The minimum absolute atomic E-state index is 0.0469. The van der Waals surface area contributed by atoms with Crippen molar-refractivity contribution in [1.29, 1.82) is 5.26 Å². The van der Waals surface area contributed by atoms with E-state index < -0.39 is 5.60 Å². The van der Waals surface area contributed by atoms with Gasteiger partial charge in [0.15, 0.2) is 0 Å². The fourth-order valence-electron chi connectivity index (χ4n) is 4.15. The summed E-state index contributed by atoms with van der Waals surface area (Å²) in [7, 11) is 0. The Bertz CT molecular complexity index is 836. The molecular weight excluding hydrogens is 394 g/mol. The van der Waals surface area contributed by atoms with Gasteiger partial charge < -0.3 is 20.3 Å². The van der Waals surface area contributed by atoms with Gasteiger partial charge in [0.1, 0.15) is 5.60 Å². The third-order valence-corrected chi connectivity index (χ3v) is 5.79. The highest BCUT2D eigenvalue weighted by Gasteiger charge is 2.35. The van der Waals surface area contributed by atoms with Crippen molar-refractivity contribution in [2.24, 2.45) is 17.6 Å². The Hall–Kier alpha value is -2.79. The number of carbonyl (C=O) groups excluding carboxylic acids is 2. The van der Waals surface area contributed by atoms with E-state index in [9.17, 15) is 14.9 Å². The van der Waals surface area contributed by atoms with E-state index in [1.807, 2.05) is 31.7 Å². The first-order chi connectivity index (χ1) is 14.7. The van der Waals surface area contributed by atoms with Gasteiger partial charge in [-0.1, -0.05) is 6.07 Å². The molecule has 3 amide bonds. The lowest BCUT2D eigenvalue weighted by atomic mass is 9.95. The van der Waals surface area contributed by atoms with Gasteiger partial charge in [-0.15, -0.1) is 0 Å². The van der Waals surface area contributed by atoms with Crippen LogP contribution in [-0.2, 0) is 4.74 Å². The number of rotatable bonds is 4. The zero-order valence-electron chi connectivity index (χ0n) is 18.7. The molecule has 8 heteroatoms. The molecule has 2 fully saturated rings. The molecule has 0 radical (unpaired) electrons. The van der Waals surface area contributed by atoms with Crippen molar-refractivity contribution < 1.29 is 14.3 Å². The molecule has 0 aliphatic carbocycles. The molecule has 31 heavy (non-hydrogen) atoms. The summed E-state index contributed by atoms with van der Waals surface area (Å²) >= 11 is 0. The van der Waals surface area contributed by atoms with Crippen molar-refractivity contribution in [2.75, 3.05) is 44.2 Å². The monoisotopic (exact) mass is 427 g/mol. The molecule has 168 valence electrons. The van der Waals surface area contributed by atoms with Crippen molar-refractivity contribution in [3.8, 4) is 6.07 Å². The third-order valence-electron chi connectivity index (χ3n) is 5.79. The van der Waals surface area contributed by atoms with Crippen LogP contribution in [0.1, 0.15) is 39.2 Å². The van der Waals surface area contributed by atoms with E-state index in [1.165, 1.54) is 0 Å². The third kappa shape index (κ3) is 5.88. The van der Waals surface area contributed by atoms with E-state index in [4.69, 9.17) is 10.5 Å². The predicted octanol–water partition coefficient (Wildman–Crippen LogP) is 3.02. The van der Waals surface area contributed by atoms with Crippen LogP contribution >= 0.6 is 0 Å². The Morgan fingerprint density at radius 1 is 1.23 bits per heavy atom. The first kappa shape index (κ1) is 22.9. The van der Waals surface area contributed by atoms with E-state index in [0.717, 1.165) is 18.5 Å². The molecule has 2 N–H and O–H groups in total. The molecule has 1 unspecified atom stereocenters. The van der Waals surface area contributed by atoms with Crippen LogP contribution in [0.2, 0.25) is 0 Å². The van der Waals surface area contributed by atoms with E-state index in [1.54, 1.807) is 28.0 Å². The lowest BCUT2D eigenvalue weighted by Gasteiger charge is -2.42. The van der Waals surface area contributed by atoms with Gasteiger partial charge >= 0.3 is 12.1 Å². The summed E-state index contributed by atoms with van der Waals surface area (Å²) in [5.41, 5.74) is 6.72. The maximum atomic E-state index is 13.2.